The molecule has 6 rings (SSSR count). The van der Waals surface area contributed by atoms with Gasteiger partial charge in [0, 0.05) is 30.9 Å². The number of aliphatic hydroxyl groups excluding tert-OH is 5. The molecule has 4 aromatic carbocycles. The van der Waals surface area contributed by atoms with Gasteiger partial charge in [-0.2, -0.15) is 8.42 Å². The van der Waals surface area contributed by atoms with Gasteiger partial charge in [0.2, 0.25) is 0 Å². The summed E-state index contributed by atoms with van der Waals surface area (Å²) in [5.74, 6) is -1.58. The van der Waals surface area contributed by atoms with Crippen molar-refractivity contribution in [1.29, 1.82) is 0 Å². The van der Waals surface area contributed by atoms with Crippen molar-refractivity contribution in [2.24, 2.45) is 0 Å². The second-order valence-electron chi connectivity index (χ2n) is 12.7. The minimum absolute atomic E-state index is 0.00590. The Labute approximate surface area is 360 Å². The Bertz CT molecular complexity index is 2000. The molecule has 4 aromatic rings. The smallest absolute Gasteiger partial charge is 0.264 e. The van der Waals surface area contributed by atoms with Crippen LogP contribution in [0.2, 0.25) is 0 Å². The maximum absolute atomic E-state index is 13.8. The lowest BCUT2D eigenvalue weighted by Crippen LogP contribution is -2.07. The van der Waals surface area contributed by atoms with Gasteiger partial charge in [-0.05, 0) is 100 Å². The van der Waals surface area contributed by atoms with Gasteiger partial charge < -0.3 is 44.5 Å². The minimum Gasteiger partial charge on any atom is -0.396 e. The molecule has 5 N–H and O–H groups in total. The van der Waals surface area contributed by atoms with Crippen LogP contribution >= 0.6 is 15.9 Å². The molecule has 0 saturated carbocycles. The Morgan fingerprint density at radius 1 is 0.590 bits per heavy atom. The van der Waals surface area contributed by atoms with Crippen molar-refractivity contribution < 1.29 is 79.4 Å². The van der Waals surface area contributed by atoms with Crippen molar-refractivity contribution in [1.82, 2.24) is 0 Å². The van der Waals surface area contributed by atoms with Gasteiger partial charge >= 0.3 is 0 Å². The van der Waals surface area contributed by atoms with Gasteiger partial charge in [-0.15, -0.1) is 0 Å². The van der Waals surface area contributed by atoms with Crippen LogP contribution in [0.5, 0.6) is 0 Å². The molecule has 0 aromatic heterocycles. The normalized spacial score (nSPS) is 13.8. The molecule has 0 aliphatic carbocycles. The second-order valence-corrected chi connectivity index (χ2v) is 15.2. The fourth-order valence-corrected chi connectivity index (χ4v) is 5.76. The number of halogens is 5. The summed E-state index contributed by atoms with van der Waals surface area (Å²) >= 11 is 3.04. The average molecular weight is 952 g/mol. The lowest BCUT2D eigenvalue weighted by molar-refractivity contribution is -0.0467. The van der Waals surface area contributed by atoms with E-state index in [-0.39, 0.29) is 56.8 Å². The van der Waals surface area contributed by atoms with Crippen molar-refractivity contribution in [3.05, 3.63) is 139 Å². The molecule has 0 spiro atoms. The number of carbonyl (C=O) groups excluding carboxylic acids is 1. The summed E-state index contributed by atoms with van der Waals surface area (Å²) in [5, 5.41) is 41.1. The molecule has 0 radical (unpaired) electrons. The number of aldehydes is 1. The average Bonchev–Trinajstić information content (AvgIpc) is 3.97. The van der Waals surface area contributed by atoms with Crippen molar-refractivity contribution in [2.45, 2.75) is 38.3 Å². The lowest BCUT2D eigenvalue weighted by Gasteiger charge is -2.11. The van der Waals surface area contributed by atoms with E-state index in [4.69, 9.17) is 44.5 Å². The highest BCUT2D eigenvalue weighted by Gasteiger charge is 2.23. The van der Waals surface area contributed by atoms with E-state index in [0.29, 0.717) is 85.1 Å². The van der Waals surface area contributed by atoms with E-state index in [1.54, 1.807) is 42.5 Å². The van der Waals surface area contributed by atoms with Crippen LogP contribution in [0.25, 0.3) is 0 Å². The Hall–Kier alpha value is -3.70. The van der Waals surface area contributed by atoms with E-state index in [9.17, 15) is 30.8 Å². The molecule has 338 valence electrons. The summed E-state index contributed by atoms with van der Waals surface area (Å²) in [6.07, 6.45) is 1.92. The second kappa shape index (κ2) is 29.6. The van der Waals surface area contributed by atoms with Crippen LogP contribution in [-0.2, 0) is 58.9 Å². The highest BCUT2D eigenvalue weighted by Crippen LogP contribution is 2.27. The van der Waals surface area contributed by atoms with Gasteiger partial charge in [0.15, 0.2) is 18.9 Å². The minimum atomic E-state index is -3.46. The monoisotopic (exact) mass is 950 g/mol. The van der Waals surface area contributed by atoms with Gasteiger partial charge in [-0.1, -0.05) is 36.4 Å². The van der Waals surface area contributed by atoms with Crippen LogP contribution in [0.1, 0.15) is 56.3 Å². The maximum atomic E-state index is 13.8. The maximum Gasteiger partial charge on any atom is 0.264 e. The fraction of sp³-hybridized carbons (Fsp3) is 0.405. The number of hydrogen-bond acceptors (Lipinski definition) is 13. The first-order valence-corrected chi connectivity index (χ1v) is 21.4. The Kier molecular flexibility index (Phi) is 25.9. The summed E-state index contributed by atoms with van der Waals surface area (Å²) in [6, 6.07) is 18.6. The predicted molar refractivity (Wildman–Crippen MR) is 219 cm³/mol. The van der Waals surface area contributed by atoms with Crippen molar-refractivity contribution >= 4 is 32.3 Å². The summed E-state index contributed by atoms with van der Waals surface area (Å²) < 4.78 is 101. The molecule has 2 aliphatic rings. The molecular formula is C42H51BrF4O13S. The van der Waals surface area contributed by atoms with Crippen molar-refractivity contribution in [3.8, 4) is 0 Å². The standard InChI is InChI=1S/C12H15FO5S.C11H13FO3.C9H9FO2.C8H8BrFO.C2H6O2/c1-19(14,15)18-5-4-9-2-3-10(11(13)8-9)12-16-6-7-17-12;12-10-7-8(3-4-13)1-2-9(10)11-14-5-6-15-11;10-9-5-7(3-4-11)1-2-8(9)6-12;9-7-2-1-6(3-4-11)5-8(7)10;3-1-2-4/h2-3,8,12H,4-7H2,1H3;1-2,7,11,13H,3-6H2;1-2,5-6,11H,3-4H2;1-2,5,11H,3-4H2;3-4H,1-2H2. The van der Waals surface area contributed by atoms with Gasteiger partial charge in [-0.3, -0.25) is 8.98 Å². The topological polar surface area (TPSA) is 199 Å². The summed E-state index contributed by atoms with van der Waals surface area (Å²) in [5.41, 5.74) is 3.77. The Balaban J connectivity index is 0.000000277. The van der Waals surface area contributed by atoms with E-state index in [2.05, 4.69) is 20.1 Å². The number of ether oxygens (including phenoxy) is 4. The first-order valence-electron chi connectivity index (χ1n) is 18.8. The third-order valence-corrected chi connectivity index (χ3v) is 9.28. The molecule has 2 aliphatic heterocycles. The van der Waals surface area contributed by atoms with Crippen LogP contribution < -0.4 is 0 Å². The molecule has 19 heteroatoms. The quantitative estimate of drug-likeness (QED) is 0.0640. The lowest BCUT2D eigenvalue weighted by atomic mass is 10.1. The summed E-state index contributed by atoms with van der Waals surface area (Å²) in [7, 11) is -3.46. The molecule has 2 fully saturated rings. The van der Waals surface area contributed by atoms with E-state index in [1.807, 2.05) is 0 Å². The van der Waals surface area contributed by atoms with E-state index < -0.39 is 34.3 Å². The first kappa shape index (κ1) is 53.4. The predicted octanol–water partition coefficient (Wildman–Crippen LogP) is 5.06. The van der Waals surface area contributed by atoms with Crippen LogP contribution in [-0.4, -0.2) is 113 Å². The van der Waals surface area contributed by atoms with E-state index >= 15 is 0 Å². The van der Waals surface area contributed by atoms with Crippen LogP contribution in [0.15, 0.2) is 77.3 Å². The zero-order valence-electron chi connectivity index (χ0n) is 33.4. The number of benzene rings is 4. The highest BCUT2D eigenvalue weighted by molar-refractivity contribution is 9.10. The van der Waals surface area contributed by atoms with Crippen molar-refractivity contribution in [2.75, 3.05) is 72.3 Å². The van der Waals surface area contributed by atoms with E-state index in [0.717, 1.165) is 17.4 Å². The van der Waals surface area contributed by atoms with Crippen LogP contribution in [0, 0.1) is 23.3 Å². The van der Waals surface area contributed by atoms with Crippen LogP contribution in [0.3, 0.4) is 0 Å². The zero-order valence-corrected chi connectivity index (χ0v) is 35.8. The number of aliphatic hydroxyl groups is 5. The molecule has 0 unspecified atom stereocenters. The van der Waals surface area contributed by atoms with Gasteiger partial charge in [0.25, 0.3) is 10.1 Å². The Morgan fingerprint density at radius 2 is 0.967 bits per heavy atom. The van der Waals surface area contributed by atoms with E-state index in [1.165, 1.54) is 30.3 Å². The zero-order chi connectivity index (χ0) is 45.2. The molecule has 0 amide bonds. The third kappa shape index (κ3) is 20.8. The van der Waals surface area contributed by atoms with Gasteiger partial charge in [0.1, 0.15) is 23.3 Å². The number of rotatable bonds is 14. The summed E-state index contributed by atoms with van der Waals surface area (Å²) in [4.78, 5) is 10.2. The number of hydrogen-bond donors (Lipinski definition) is 5. The molecule has 0 bridgehead atoms. The molecule has 2 saturated heterocycles. The largest absolute Gasteiger partial charge is 0.396 e. The SMILES string of the molecule is CS(=O)(=O)OCCc1ccc(C2OCCO2)c(F)c1.O=Cc1ccc(CCO)cc1F.OCCO.OCCc1ccc(Br)c(F)c1.OCCc1ccc(C2OCCO2)c(F)c1. The van der Waals surface area contributed by atoms with Gasteiger partial charge in [-0.25, -0.2) is 17.6 Å². The van der Waals surface area contributed by atoms with Gasteiger partial charge in [0.05, 0.1) is 62.5 Å². The molecule has 13 nitrogen and oxygen atoms in total. The third-order valence-electron chi connectivity index (χ3n) is 8.05. The highest BCUT2D eigenvalue weighted by atomic mass is 79.9. The molecule has 2 heterocycles. The van der Waals surface area contributed by atoms with Crippen molar-refractivity contribution in [3.63, 3.8) is 0 Å². The van der Waals surface area contributed by atoms with Crippen LogP contribution in [0.4, 0.5) is 17.6 Å². The fourth-order valence-electron chi connectivity index (χ4n) is 5.13. The first-order chi connectivity index (χ1) is 29.2. The number of carbonyl (C=O) groups is 1. The Morgan fingerprint density at radius 3 is 1.31 bits per heavy atom. The summed E-state index contributed by atoms with van der Waals surface area (Å²) in [6.45, 7) is 1.72. The molecule has 0 atom stereocenters. The molecular weight excluding hydrogens is 900 g/mol. The molecule has 61 heavy (non-hydrogen) atoms.